The number of hydrogen-bond donors (Lipinski definition) is 1. The summed E-state index contributed by atoms with van der Waals surface area (Å²) in [7, 11) is 0. The van der Waals surface area contributed by atoms with Gasteiger partial charge in [-0.2, -0.15) is 13.2 Å². The summed E-state index contributed by atoms with van der Waals surface area (Å²) in [6.07, 6.45) is 1.23. The van der Waals surface area contributed by atoms with E-state index < -0.39 is 12.8 Å². The molecular formula is C11H13F3NO2+. The second-order valence-corrected chi connectivity index (χ2v) is 4.18. The molecule has 1 fully saturated rings. The smallest absolute Gasteiger partial charge is 0.422 e. The lowest BCUT2D eigenvalue weighted by atomic mass is 9.80. The SMILES string of the molecule is O[n+]1ccc(OCC(F)(F)F)c(C2CCC2)c1. The number of ether oxygens (including phenoxy) is 1. The summed E-state index contributed by atoms with van der Waals surface area (Å²) in [5, 5.41) is 9.27. The van der Waals surface area contributed by atoms with Gasteiger partial charge in [0.05, 0.1) is 5.56 Å². The van der Waals surface area contributed by atoms with Crippen molar-refractivity contribution < 1.29 is 27.8 Å². The first kappa shape index (κ1) is 12.0. The molecule has 94 valence electrons. The fourth-order valence-corrected chi connectivity index (χ4v) is 1.81. The van der Waals surface area contributed by atoms with E-state index in [-0.39, 0.29) is 11.7 Å². The molecule has 2 rings (SSSR count). The summed E-state index contributed by atoms with van der Waals surface area (Å²) < 4.78 is 41.8. The lowest BCUT2D eigenvalue weighted by molar-refractivity contribution is -0.905. The van der Waals surface area contributed by atoms with Gasteiger partial charge in [0, 0.05) is 10.8 Å². The standard InChI is InChI=1S/C11H13F3NO2/c12-11(13,14)7-17-10-4-5-15(16)6-9(10)8-2-1-3-8/h4-6,8,16H,1-3,7H2/q+1. The molecular weight excluding hydrogens is 235 g/mol. The lowest BCUT2D eigenvalue weighted by Crippen LogP contribution is -2.31. The van der Waals surface area contributed by atoms with E-state index in [0.717, 1.165) is 24.0 Å². The lowest BCUT2D eigenvalue weighted by Gasteiger charge is -2.25. The Balaban J connectivity index is 2.14. The van der Waals surface area contributed by atoms with E-state index in [9.17, 15) is 18.4 Å². The van der Waals surface area contributed by atoms with E-state index in [0.29, 0.717) is 5.56 Å². The summed E-state index contributed by atoms with van der Waals surface area (Å²) in [6, 6.07) is 1.36. The van der Waals surface area contributed by atoms with Crippen LogP contribution in [0, 0.1) is 0 Å². The molecule has 1 saturated carbocycles. The van der Waals surface area contributed by atoms with Crippen LogP contribution in [0.15, 0.2) is 18.5 Å². The van der Waals surface area contributed by atoms with Crippen LogP contribution in [0.2, 0.25) is 0 Å². The molecule has 0 bridgehead atoms. The molecule has 0 aromatic carbocycles. The van der Waals surface area contributed by atoms with E-state index in [1.165, 1.54) is 18.5 Å². The van der Waals surface area contributed by atoms with Gasteiger partial charge in [0.2, 0.25) is 12.4 Å². The minimum absolute atomic E-state index is 0.192. The van der Waals surface area contributed by atoms with Crippen LogP contribution in [-0.4, -0.2) is 18.0 Å². The quantitative estimate of drug-likeness (QED) is 0.658. The molecule has 1 N–H and O–H groups in total. The van der Waals surface area contributed by atoms with Gasteiger partial charge in [0.15, 0.2) is 6.61 Å². The zero-order valence-electron chi connectivity index (χ0n) is 9.07. The number of rotatable bonds is 3. The van der Waals surface area contributed by atoms with Crippen molar-refractivity contribution in [3.63, 3.8) is 0 Å². The maximum Gasteiger partial charge on any atom is 0.422 e. The fourth-order valence-electron chi connectivity index (χ4n) is 1.81. The number of alkyl halides is 3. The van der Waals surface area contributed by atoms with Crippen LogP contribution < -0.4 is 9.47 Å². The van der Waals surface area contributed by atoms with E-state index in [2.05, 4.69) is 0 Å². The molecule has 1 aromatic heterocycles. The Morgan fingerprint density at radius 1 is 1.41 bits per heavy atom. The molecule has 1 aromatic rings. The monoisotopic (exact) mass is 248 g/mol. The Bertz CT molecular complexity index is 402. The van der Waals surface area contributed by atoms with Crippen LogP contribution in [0.25, 0.3) is 0 Å². The number of nitrogens with zero attached hydrogens (tertiary/aromatic N) is 1. The van der Waals surface area contributed by atoms with Crippen LogP contribution >= 0.6 is 0 Å². The van der Waals surface area contributed by atoms with Crippen molar-refractivity contribution >= 4 is 0 Å². The molecule has 0 spiro atoms. The van der Waals surface area contributed by atoms with E-state index >= 15 is 0 Å². The summed E-state index contributed by atoms with van der Waals surface area (Å²) in [6.45, 7) is -1.30. The van der Waals surface area contributed by atoms with E-state index in [1.807, 2.05) is 0 Å². The van der Waals surface area contributed by atoms with Gasteiger partial charge in [-0.1, -0.05) is 6.42 Å². The Morgan fingerprint density at radius 2 is 2.12 bits per heavy atom. The largest absolute Gasteiger partial charge is 0.483 e. The molecule has 0 saturated heterocycles. The average molecular weight is 248 g/mol. The number of hydrogen-bond acceptors (Lipinski definition) is 2. The molecule has 0 aliphatic heterocycles. The molecule has 0 amide bonds. The van der Waals surface area contributed by atoms with Crippen molar-refractivity contribution in [1.82, 2.24) is 0 Å². The second-order valence-electron chi connectivity index (χ2n) is 4.18. The Morgan fingerprint density at radius 3 is 2.65 bits per heavy atom. The maximum absolute atomic E-state index is 12.1. The van der Waals surface area contributed by atoms with Crippen molar-refractivity contribution in [2.24, 2.45) is 0 Å². The molecule has 1 aliphatic carbocycles. The van der Waals surface area contributed by atoms with Crippen LogP contribution in [0.5, 0.6) is 5.75 Å². The first-order chi connectivity index (χ1) is 7.96. The van der Waals surface area contributed by atoms with Gasteiger partial charge in [-0.3, -0.25) is 5.21 Å². The molecule has 6 heteroatoms. The minimum atomic E-state index is -4.35. The highest BCUT2D eigenvalue weighted by Gasteiger charge is 2.31. The normalized spacial score (nSPS) is 16.6. The molecule has 0 atom stereocenters. The highest BCUT2D eigenvalue weighted by molar-refractivity contribution is 5.32. The summed E-state index contributed by atoms with van der Waals surface area (Å²) in [4.78, 5) is 0. The number of halogens is 3. The third kappa shape index (κ3) is 3.01. The summed E-state index contributed by atoms with van der Waals surface area (Å²) in [5.74, 6) is 0.398. The highest BCUT2D eigenvalue weighted by atomic mass is 19.4. The minimum Gasteiger partial charge on any atom is -0.483 e. The van der Waals surface area contributed by atoms with Crippen molar-refractivity contribution in [3.05, 3.63) is 24.0 Å². The van der Waals surface area contributed by atoms with Gasteiger partial charge in [0.1, 0.15) is 5.75 Å². The Labute approximate surface area is 96.4 Å². The Kier molecular flexibility index (Phi) is 3.13. The zero-order chi connectivity index (χ0) is 12.5. The van der Waals surface area contributed by atoms with Crippen molar-refractivity contribution in [1.29, 1.82) is 0 Å². The van der Waals surface area contributed by atoms with E-state index in [4.69, 9.17) is 4.74 Å². The number of aromatic nitrogens is 1. The van der Waals surface area contributed by atoms with Crippen LogP contribution in [0.1, 0.15) is 30.7 Å². The predicted octanol–water partition coefficient (Wildman–Crippen LogP) is 2.42. The van der Waals surface area contributed by atoms with E-state index in [1.54, 1.807) is 0 Å². The van der Waals surface area contributed by atoms with Gasteiger partial charge < -0.3 is 4.74 Å². The third-order valence-corrected chi connectivity index (χ3v) is 2.87. The third-order valence-electron chi connectivity index (χ3n) is 2.87. The van der Waals surface area contributed by atoms with Crippen LogP contribution in [0.3, 0.4) is 0 Å². The van der Waals surface area contributed by atoms with Gasteiger partial charge in [0.25, 0.3) is 0 Å². The maximum atomic E-state index is 12.1. The van der Waals surface area contributed by atoms with Crippen molar-refractivity contribution in [3.8, 4) is 5.75 Å². The molecule has 1 aliphatic rings. The predicted molar refractivity (Wildman–Crippen MR) is 52.0 cm³/mol. The Hall–Kier alpha value is -1.46. The first-order valence-corrected chi connectivity index (χ1v) is 5.40. The summed E-state index contributed by atoms with van der Waals surface area (Å²) in [5.41, 5.74) is 0.644. The van der Waals surface area contributed by atoms with Gasteiger partial charge >= 0.3 is 6.18 Å². The zero-order valence-corrected chi connectivity index (χ0v) is 9.07. The molecule has 17 heavy (non-hydrogen) atoms. The molecule has 0 unspecified atom stereocenters. The highest BCUT2D eigenvalue weighted by Crippen LogP contribution is 2.40. The van der Waals surface area contributed by atoms with Crippen LogP contribution in [-0.2, 0) is 0 Å². The number of pyridine rings is 1. The first-order valence-electron chi connectivity index (χ1n) is 5.40. The fraction of sp³-hybridized carbons (Fsp3) is 0.545. The van der Waals surface area contributed by atoms with Gasteiger partial charge in [-0.05, 0) is 18.8 Å². The summed E-state index contributed by atoms with van der Waals surface area (Å²) >= 11 is 0. The second kappa shape index (κ2) is 4.43. The molecule has 1 heterocycles. The molecule has 0 radical (unpaired) electrons. The average Bonchev–Trinajstić information content (AvgIpc) is 2.12. The molecule has 3 nitrogen and oxygen atoms in total. The van der Waals surface area contributed by atoms with Crippen LogP contribution in [0.4, 0.5) is 13.2 Å². The topological polar surface area (TPSA) is 33.3 Å². The van der Waals surface area contributed by atoms with Crippen molar-refractivity contribution in [2.75, 3.05) is 6.61 Å². The van der Waals surface area contributed by atoms with Gasteiger partial charge in [-0.25, -0.2) is 0 Å². The van der Waals surface area contributed by atoms with Gasteiger partial charge in [-0.15, -0.1) is 0 Å². The van der Waals surface area contributed by atoms with Crippen molar-refractivity contribution in [2.45, 2.75) is 31.4 Å².